The Morgan fingerprint density at radius 1 is 1.12 bits per heavy atom. The third-order valence-corrected chi connectivity index (χ3v) is 8.45. The Bertz CT molecular complexity index is 1820. The summed E-state index contributed by atoms with van der Waals surface area (Å²) in [5, 5.41) is 15.0. The van der Waals surface area contributed by atoms with Gasteiger partial charge in [-0.15, -0.1) is 11.3 Å². The summed E-state index contributed by atoms with van der Waals surface area (Å²) in [4.78, 5) is 39.4. The van der Waals surface area contributed by atoms with Crippen LogP contribution in [0.4, 0.5) is 0 Å². The molecule has 5 aromatic rings. The number of benzene rings is 1. The van der Waals surface area contributed by atoms with Gasteiger partial charge in [0.25, 0.3) is 0 Å². The zero-order chi connectivity index (χ0) is 26.9. The van der Waals surface area contributed by atoms with Gasteiger partial charge in [0, 0.05) is 30.4 Å². The van der Waals surface area contributed by atoms with Gasteiger partial charge in [0.15, 0.2) is 0 Å². The molecule has 1 amide bonds. The first-order valence-corrected chi connectivity index (χ1v) is 13.8. The lowest BCUT2D eigenvalue weighted by Crippen LogP contribution is -2.37. The molecule has 4 aromatic heterocycles. The molecular weight excluding hydrogens is 575 g/mol. The number of nitrogens with zero attached hydrogens (tertiary/aromatic N) is 4. The van der Waals surface area contributed by atoms with Crippen LogP contribution in [-0.2, 0) is 4.79 Å². The van der Waals surface area contributed by atoms with Crippen molar-refractivity contribution in [2.45, 2.75) is 38.1 Å². The number of pyridine rings is 2. The third kappa shape index (κ3) is 6.02. The normalized spacial score (nSPS) is 17.4. The lowest BCUT2D eigenvalue weighted by Gasteiger charge is -2.29. The molecule has 1 fully saturated rings. The summed E-state index contributed by atoms with van der Waals surface area (Å²) in [7, 11) is 0. The van der Waals surface area contributed by atoms with Crippen molar-refractivity contribution in [2.24, 2.45) is 5.92 Å². The molecule has 2 atom stereocenters. The number of aromatic nitrogens is 4. The van der Waals surface area contributed by atoms with E-state index in [1.54, 1.807) is 23.0 Å². The van der Waals surface area contributed by atoms with E-state index in [4.69, 9.17) is 0 Å². The molecule has 1 aromatic carbocycles. The number of hydrogen-bond acceptors (Lipinski definition) is 7. The Kier molecular flexibility index (Phi) is 9.52. The average molecular weight is 606 g/mol. The van der Waals surface area contributed by atoms with Crippen molar-refractivity contribution in [3.63, 3.8) is 0 Å². The Labute approximate surface area is 254 Å². The molecule has 0 aliphatic heterocycles. The van der Waals surface area contributed by atoms with Gasteiger partial charge in [-0.05, 0) is 49.5 Å². The standard InChI is InChI=1S/C30H27N5O3S.2H2S/c1-2-25(37)33-20-10-6-7-18(15-20)16-24(36)28-27-26-23(12-14-32-29(26)39-28)35(30(38)34-27)21-11-13-31-22(17-21)19-8-4-3-5-9-19;;/h2-5,8-9,11-14,17-18,20,36H,1,6-7,10,15-16H2,(H,33,37);2*1H2/t18-,20-;;/m0../s1. The van der Waals surface area contributed by atoms with Crippen LogP contribution in [0.15, 0.2) is 78.4 Å². The van der Waals surface area contributed by atoms with Gasteiger partial charge >= 0.3 is 5.69 Å². The van der Waals surface area contributed by atoms with Gasteiger partial charge in [-0.3, -0.25) is 14.3 Å². The van der Waals surface area contributed by atoms with Crippen LogP contribution < -0.4 is 15.5 Å². The molecule has 212 valence electrons. The Balaban J connectivity index is 0.00000194. The number of carbonyl (C=O) groups excluding carboxylic acids is 1. The topological polar surface area (TPSA) is 110 Å². The molecule has 0 bridgehead atoms. The zero-order valence-corrected chi connectivity index (χ0v) is 25.0. The molecule has 2 N–H and O–H groups in total. The van der Waals surface area contributed by atoms with Crippen LogP contribution in [0.2, 0.25) is 0 Å². The number of nitrogens with one attached hydrogen (secondary N) is 1. The predicted octanol–water partition coefficient (Wildman–Crippen LogP) is 4.92. The minimum atomic E-state index is -0.433. The fourth-order valence-corrected chi connectivity index (χ4v) is 6.59. The van der Waals surface area contributed by atoms with Gasteiger partial charge in [-0.25, -0.2) is 9.78 Å². The third-order valence-electron chi connectivity index (χ3n) is 7.31. The first-order chi connectivity index (χ1) is 19.0. The maximum absolute atomic E-state index is 13.5. The number of rotatable bonds is 6. The smallest absolute Gasteiger partial charge is 0.353 e. The molecule has 1 saturated carbocycles. The molecule has 0 spiro atoms. The summed E-state index contributed by atoms with van der Waals surface area (Å²) >= 11 is 1.35. The van der Waals surface area contributed by atoms with Gasteiger partial charge in [-0.2, -0.15) is 32.0 Å². The Morgan fingerprint density at radius 3 is 2.68 bits per heavy atom. The molecule has 41 heavy (non-hydrogen) atoms. The summed E-state index contributed by atoms with van der Waals surface area (Å²) in [5.74, 6) is 0.246. The highest BCUT2D eigenvalue weighted by molar-refractivity contribution is 7.59. The molecule has 1 aliphatic carbocycles. The van der Waals surface area contributed by atoms with Crippen molar-refractivity contribution in [1.29, 1.82) is 0 Å². The van der Waals surface area contributed by atoms with Crippen LogP contribution in [0.3, 0.4) is 0 Å². The van der Waals surface area contributed by atoms with E-state index in [0.717, 1.165) is 42.3 Å². The molecule has 11 heteroatoms. The van der Waals surface area contributed by atoms with E-state index in [1.165, 1.54) is 17.4 Å². The number of carbonyl (C=O) groups is 1. The van der Waals surface area contributed by atoms with Gasteiger partial charge in [0.1, 0.15) is 16.1 Å². The largest absolute Gasteiger partial charge is 0.511 e. The van der Waals surface area contributed by atoms with Gasteiger partial charge in [0.05, 0.1) is 26.8 Å². The molecular formula is C30H31N5O3S3. The van der Waals surface area contributed by atoms with Crippen LogP contribution in [0.25, 0.3) is 44.0 Å². The first-order valence-electron chi connectivity index (χ1n) is 13.0. The van der Waals surface area contributed by atoms with Crippen LogP contribution in [0.5, 0.6) is 0 Å². The van der Waals surface area contributed by atoms with Gasteiger partial charge in [0.2, 0.25) is 5.91 Å². The maximum Gasteiger partial charge on any atom is 0.353 e. The van der Waals surface area contributed by atoms with E-state index in [-0.39, 0.29) is 50.6 Å². The molecule has 6 rings (SSSR count). The monoisotopic (exact) mass is 605 g/mol. The van der Waals surface area contributed by atoms with E-state index in [2.05, 4.69) is 26.8 Å². The quantitative estimate of drug-likeness (QED) is 0.266. The number of amides is 1. The highest BCUT2D eigenvalue weighted by atomic mass is 32.1. The second-order valence-corrected chi connectivity index (χ2v) is 10.9. The van der Waals surface area contributed by atoms with Crippen molar-refractivity contribution in [1.82, 2.24) is 24.8 Å². The van der Waals surface area contributed by atoms with Crippen LogP contribution in [0.1, 0.15) is 32.1 Å². The van der Waals surface area contributed by atoms with Crippen LogP contribution >= 0.6 is 38.3 Å². The molecule has 1 aliphatic rings. The van der Waals surface area contributed by atoms with Gasteiger partial charge in [-0.1, -0.05) is 43.3 Å². The predicted molar refractivity (Wildman–Crippen MR) is 174 cm³/mol. The minimum absolute atomic E-state index is 0. The number of hydrogen-bond donors (Lipinski definition) is 2. The van der Waals surface area contributed by atoms with Crippen molar-refractivity contribution in [3.8, 4) is 16.9 Å². The Hall–Kier alpha value is -3.67. The van der Waals surface area contributed by atoms with Crippen LogP contribution in [0, 0.1) is 5.92 Å². The molecule has 0 unspecified atom stereocenters. The van der Waals surface area contributed by atoms with Crippen molar-refractivity contribution in [2.75, 3.05) is 0 Å². The lowest BCUT2D eigenvalue weighted by atomic mass is 9.83. The number of aliphatic hydroxyl groups is 1. The molecule has 0 radical (unpaired) electrons. The van der Waals surface area contributed by atoms with Crippen LogP contribution in [-0.4, -0.2) is 36.6 Å². The van der Waals surface area contributed by atoms with E-state index < -0.39 is 5.69 Å². The molecule has 8 nitrogen and oxygen atoms in total. The highest BCUT2D eigenvalue weighted by Gasteiger charge is 2.25. The van der Waals surface area contributed by atoms with Crippen molar-refractivity contribution >= 4 is 71.2 Å². The number of aliphatic hydroxyl groups excluding tert-OH is 1. The van der Waals surface area contributed by atoms with E-state index in [1.807, 2.05) is 42.5 Å². The second kappa shape index (κ2) is 12.9. The minimum Gasteiger partial charge on any atom is -0.511 e. The fraction of sp³-hybridized carbons (Fsp3) is 0.233. The summed E-state index contributed by atoms with van der Waals surface area (Å²) < 4.78 is 2.15. The number of thiophene rings is 1. The molecule has 4 heterocycles. The van der Waals surface area contributed by atoms with Crippen molar-refractivity contribution < 1.29 is 9.90 Å². The van der Waals surface area contributed by atoms with E-state index in [9.17, 15) is 14.7 Å². The van der Waals surface area contributed by atoms with Crippen molar-refractivity contribution in [3.05, 3.63) is 88.6 Å². The fourth-order valence-electron chi connectivity index (χ4n) is 5.54. The average Bonchev–Trinajstić information content (AvgIpc) is 3.33. The SMILES string of the molecule is C=CC(=O)N[C@H]1CCC[C@H](CC(O)=c2sc3nccc4c3c2nc(=O)n4-c2ccnc(-c3ccccc3)c2)C1.S.S. The summed E-state index contributed by atoms with van der Waals surface area (Å²) in [6.45, 7) is 3.53. The van der Waals surface area contributed by atoms with E-state index in [0.29, 0.717) is 32.5 Å². The maximum atomic E-state index is 13.5. The van der Waals surface area contributed by atoms with E-state index >= 15 is 0 Å². The molecule has 0 saturated heterocycles. The zero-order valence-electron chi connectivity index (χ0n) is 22.2. The highest BCUT2D eigenvalue weighted by Crippen LogP contribution is 2.31. The first kappa shape index (κ1) is 30.3. The summed E-state index contributed by atoms with van der Waals surface area (Å²) in [6, 6.07) is 15.3. The lowest BCUT2D eigenvalue weighted by molar-refractivity contribution is -0.117. The van der Waals surface area contributed by atoms with Gasteiger partial charge < -0.3 is 10.4 Å². The Morgan fingerprint density at radius 2 is 1.90 bits per heavy atom. The second-order valence-electron chi connectivity index (χ2n) is 9.88. The summed E-state index contributed by atoms with van der Waals surface area (Å²) in [5.41, 5.74) is 3.09. The summed E-state index contributed by atoms with van der Waals surface area (Å²) in [6.07, 6.45) is 8.74.